The number of ether oxygens (including phenoxy) is 1. The number of anilines is 3. The summed E-state index contributed by atoms with van der Waals surface area (Å²) < 4.78 is 6.05. The van der Waals surface area contributed by atoms with E-state index in [1.165, 1.54) is 6.92 Å². The molecular formula is C26H25N3O4. The largest absolute Gasteiger partial charge is 0.454 e. The Morgan fingerprint density at radius 1 is 0.939 bits per heavy atom. The monoisotopic (exact) mass is 443 g/mol. The molecule has 0 aliphatic carbocycles. The first-order valence-corrected chi connectivity index (χ1v) is 10.7. The standard InChI is InChI=1S/C26H25N3O4/c1-15(2)29-22-14-18(12-13-24(22)33-23-11-6-5-8-20(23)26(29)32)28-25(31)19-9-7-10-21(16(19)3)27-17(4)30/h5-15H,1-4H3,(H,27,30)(H,28,31). The Labute approximate surface area is 192 Å². The van der Waals surface area contributed by atoms with Crippen LogP contribution in [0.25, 0.3) is 0 Å². The zero-order valence-corrected chi connectivity index (χ0v) is 18.9. The van der Waals surface area contributed by atoms with Crippen molar-refractivity contribution in [2.45, 2.75) is 33.7 Å². The van der Waals surface area contributed by atoms with Gasteiger partial charge in [0.1, 0.15) is 5.75 Å². The highest BCUT2D eigenvalue weighted by atomic mass is 16.5. The van der Waals surface area contributed by atoms with Gasteiger partial charge in [0.2, 0.25) is 5.91 Å². The summed E-state index contributed by atoms with van der Waals surface area (Å²) in [6.07, 6.45) is 0. The van der Waals surface area contributed by atoms with E-state index in [9.17, 15) is 14.4 Å². The van der Waals surface area contributed by atoms with Crippen molar-refractivity contribution in [1.29, 1.82) is 0 Å². The second-order valence-electron chi connectivity index (χ2n) is 8.16. The number of para-hydroxylation sites is 1. The Morgan fingerprint density at radius 2 is 1.70 bits per heavy atom. The van der Waals surface area contributed by atoms with Crippen LogP contribution in [-0.2, 0) is 4.79 Å². The first-order chi connectivity index (χ1) is 15.8. The molecule has 0 atom stereocenters. The molecule has 0 aromatic heterocycles. The third kappa shape index (κ3) is 4.30. The van der Waals surface area contributed by atoms with Crippen molar-refractivity contribution >= 4 is 34.8 Å². The average molecular weight is 444 g/mol. The normalized spacial score (nSPS) is 12.4. The molecule has 33 heavy (non-hydrogen) atoms. The first-order valence-electron chi connectivity index (χ1n) is 10.7. The summed E-state index contributed by atoms with van der Waals surface area (Å²) in [5, 5.41) is 5.63. The van der Waals surface area contributed by atoms with Gasteiger partial charge in [-0.3, -0.25) is 14.4 Å². The second-order valence-corrected chi connectivity index (χ2v) is 8.16. The Morgan fingerprint density at radius 3 is 2.42 bits per heavy atom. The van der Waals surface area contributed by atoms with Gasteiger partial charge in [-0.2, -0.15) is 0 Å². The van der Waals surface area contributed by atoms with E-state index in [-0.39, 0.29) is 23.8 Å². The Kier molecular flexibility index (Phi) is 5.87. The quantitative estimate of drug-likeness (QED) is 0.568. The summed E-state index contributed by atoms with van der Waals surface area (Å²) in [5.41, 5.74) is 3.27. The second kappa shape index (κ2) is 8.78. The molecular weight excluding hydrogens is 418 g/mol. The van der Waals surface area contributed by atoms with Crippen molar-refractivity contribution in [3.63, 3.8) is 0 Å². The molecule has 0 bridgehead atoms. The number of hydrogen-bond acceptors (Lipinski definition) is 4. The third-order valence-electron chi connectivity index (χ3n) is 5.44. The molecule has 7 heteroatoms. The molecule has 7 nitrogen and oxygen atoms in total. The highest BCUT2D eigenvalue weighted by Gasteiger charge is 2.30. The maximum absolute atomic E-state index is 13.3. The van der Waals surface area contributed by atoms with E-state index in [0.29, 0.717) is 45.3 Å². The lowest BCUT2D eigenvalue weighted by atomic mass is 10.1. The van der Waals surface area contributed by atoms with Crippen LogP contribution in [0.3, 0.4) is 0 Å². The molecule has 0 saturated carbocycles. The molecule has 1 aliphatic heterocycles. The molecule has 1 aliphatic rings. The summed E-state index contributed by atoms with van der Waals surface area (Å²) in [4.78, 5) is 39.4. The van der Waals surface area contributed by atoms with Crippen molar-refractivity contribution < 1.29 is 19.1 Å². The van der Waals surface area contributed by atoms with E-state index in [2.05, 4.69) is 10.6 Å². The van der Waals surface area contributed by atoms with Crippen LogP contribution in [0.1, 0.15) is 47.1 Å². The van der Waals surface area contributed by atoms with Crippen LogP contribution in [0.15, 0.2) is 60.7 Å². The molecule has 0 saturated heterocycles. The van der Waals surface area contributed by atoms with E-state index in [1.54, 1.807) is 66.4 Å². The Hall–Kier alpha value is -4.13. The number of carbonyl (C=O) groups is 3. The van der Waals surface area contributed by atoms with Gasteiger partial charge in [0.15, 0.2) is 5.75 Å². The van der Waals surface area contributed by atoms with Crippen LogP contribution in [0.4, 0.5) is 17.1 Å². The van der Waals surface area contributed by atoms with E-state index >= 15 is 0 Å². The molecule has 0 spiro atoms. The molecule has 1 heterocycles. The molecule has 0 fully saturated rings. The van der Waals surface area contributed by atoms with Crippen molar-refractivity contribution in [1.82, 2.24) is 0 Å². The van der Waals surface area contributed by atoms with E-state index in [1.807, 2.05) is 19.9 Å². The van der Waals surface area contributed by atoms with Gasteiger partial charge in [0, 0.05) is 29.9 Å². The molecule has 2 N–H and O–H groups in total. The summed E-state index contributed by atoms with van der Waals surface area (Å²) >= 11 is 0. The molecule has 3 aromatic rings. The molecule has 168 valence electrons. The van der Waals surface area contributed by atoms with Crippen LogP contribution in [0, 0.1) is 6.92 Å². The van der Waals surface area contributed by atoms with Gasteiger partial charge in [0.05, 0.1) is 11.3 Å². The topological polar surface area (TPSA) is 87.7 Å². The van der Waals surface area contributed by atoms with Gasteiger partial charge in [0.25, 0.3) is 11.8 Å². The van der Waals surface area contributed by atoms with Crippen molar-refractivity contribution in [3.05, 3.63) is 77.4 Å². The number of carbonyl (C=O) groups excluding carboxylic acids is 3. The smallest absolute Gasteiger partial charge is 0.262 e. The zero-order valence-electron chi connectivity index (χ0n) is 18.9. The van der Waals surface area contributed by atoms with Gasteiger partial charge in [-0.1, -0.05) is 18.2 Å². The number of benzene rings is 3. The van der Waals surface area contributed by atoms with E-state index in [0.717, 1.165) is 0 Å². The van der Waals surface area contributed by atoms with Gasteiger partial charge in [-0.05, 0) is 68.8 Å². The van der Waals surface area contributed by atoms with Crippen molar-refractivity contribution in [2.24, 2.45) is 0 Å². The molecule has 0 unspecified atom stereocenters. The maximum Gasteiger partial charge on any atom is 0.262 e. The highest BCUT2D eigenvalue weighted by molar-refractivity contribution is 6.11. The predicted molar refractivity (Wildman–Crippen MR) is 128 cm³/mol. The highest BCUT2D eigenvalue weighted by Crippen LogP contribution is 2.41. The number of rotatable bonds is 4. The van der Waals surface area contributed by atoms with E-state index < -0.39 is 0 Å². The number of nitrogens with zero attached hydrogens (tertiary/aromatic N) is 1. The van der Waals surface area contributed by atoms with Crippen LogP contribution in [-0.4, -0.2) is 23.8 Å². The number of nitrogens with one attached hydrogen (secondary N) is 2. The van der Waals surface area contributed by atoms with Crippen molar-refractivity contribution in [3.8, 4) is 11.5 Å². The summed E-state index contributed by atoms with van der Waals surface area (Å²) in [7, 11) is 0. The SMILES string of the molecule is CC(=O)Nc1cccc(C(=O)Nc2ccc3c(c2)N(C(C)C)C(=O)c2ccccc2O3)c1C. The lowest BCUT2D eigenvalue weighted by Crippen LogP contribution is -2.36. The fourth-order valence-electron chi connectivity index (χ4n) is 3.88. The predicted octanol–water partition coefficient (Wildman–Crippen LogP) is 5.37. The summed E-state index contributed by atoms with van der Waals surface area (Å²) in [6, 6.07) is 17.4. The average Bonchev–Trinajstić information content (AvgIpc) is 2.88. The zero-order chi connectivity index (χ0) is 23.7. The first kappa shape index (κ1) is 22.1. The van der Waals surface area contributed by atoms with Gasteiger partial charge in [-0.25, -0.2) is 0 Å². The van der Waals surface area contributed by atoms with Crippen molar-refractivity contribution in [2.75, 3.05) is 15.5 Å². The number of amides is 3. The summed E-state index contributed by atoms with van der Waals surface area (Å²) in [5.74, 6) is 0.334. The lowest BCUT2D eigenvalue weighted by Gasteiger charge is -2.26. The Balaban J connectivity index is 1.68. The molecule has 4 rings (SSSR count). The minimum Gasteiger partial charge on any atom is -0.454 e. The van der Waals surface area contributed by atoms with Crippen LogP contribution < -0.4 is 20.3 Å². The Bertz CT molecular complexity index is 1270. The molecule has 3 amide bonds. The molecule has 0 radical (unpaired) electrons. The van der Waals surface area contributed by atoms with Gasteiger partial charge >= 0.3 is 0 Å². The lowest BCUT2D eigenvalue weighted by molar-refractivity contribution is -0.114. The molecule has 3 aromatic carbocycles. The van der Waals surface area contributed by atoms with Crippen LogP contribution in [0.5, 0.6) is 11.5 Å². The van der Waals surface area contributed by atoms with Crippen LogP contribution >= 0.6 is 0 Å². The summed E-state index contributed by atoms with van der Waals surface area (Å²) in [6.45, 7) is 7.06. The minimum atomic E-state index is -0.320. The minimum absolute atomic E-state index is 0.131. The number of fused-ring (bicyclic) bond motifs is 2. The van der Waals surface area contributed by atoms with Gasteiger partial charge in [-0.15, -0.1) is 0 Å². The fourth-order valence-corrected chi connectivity index (χ4v) is 3.88. The van der Waals surface area contributed by atoms with Crippen LogP contribution in [0.2, 0.25) is 0 Å². The van der Waals surface area contributed by atoms with E-state index in [4.69, 9.17) is 4.74 Å². The maximum atomic E-state index is 13.3. The third-order valence-corrected chi connectivity index (χ3v) is 5.44. The van der Waals surface area contributed by atoms with Gasteiger partial charge < -0.3 is 20.3 Å². The fraction of sp³-hybridized carbons (Fsp3) is 0.192. The number of hydrogen-bond donors (Lipinski definition) is 2.